The van der Waals surface area contributed by atoms with Crippen LogP contribution in [0.25, 0.3) is 0 Å². The summed E-state index contributed by atoms with van der Waals surface area (Å²) in [6, 6.07) is 0. The topological polar surface area (TPSA) is 233 Å². The Hall–Kier alpha value is -3.72. The number of rotatable bonds is 20. The van der Waals surface area contributed by atoms with Crippen molar-refractivity contribution in [2.45, 2.75) is 122 Å². The first kappa shape index (κ1) is 46.4. The van der Waals surface area contributed by atoms with E-state index in [1.54, 1.807) is 0 Å². The number of thiocarbonyl (C=S) groups is 1. The average Bonchev–Trinajstić information content (AvgIpc) is 3.06. The molecule has 2 heterocycles. The van der Waals surface area contributed by atoms with Gasteiger partial charge in [0.25, 0.3) is 0 Å². The van der Waals surface area contributed by atoms with Crippen molar-refractivity contribution in [1.29, 1.82) is 0 Å². The Balaban J connectivity index is 2.57. The maximum Gasteiger partial charge on any atom is 0.303 e. The molecular weight excluding hydrogens is 762 g/mol. The van der Waals surface area contributed by atoms with Crippen molar-refractivity contribution in [1.82, 2.24) is 0 Å². The van der Waals surface area contributed by atoms with Gasteiger partial charge >= 0.3 is 41.8 Å². The molecule has 0 aliphatic carbocycles. The Morgan fingerprint density at radius 2 is 1.06 bits per heavy atom. The normalized spacial score (nSPS) is 27.6. The summed E-state index contributed by atoms with van der Waals surface area (Å²) in [5.41, 5.74) is -1.01. The monoisotopic (exact) mass is 809 g/mol. The summed E-state index contributed by atoms with van der Waals surface area (Å²) in [6.45, 7) is 7.94. The van der Waals surface area contributed by atoms with Crippen LogP contribution in [0.2, 0.25) is 0 Å². The molecule has 2 fully saturated rings. The molecule has 2 rings (SSSR count). The molecule has 0 aromatic heterocycles. The molecule has 0 N–H and O–H groups in total. The number of hydrogen-bond acceptors (Lipinski definition) is 21. The Bertz CT molecular complexity index is 1360. The fraction of sp³-hybridized carbons (Fsp3) is 0.758. The van der Waals surface area contributed by atoms with Crippen molar-refractivity contribution in [3.05, 3.63) is 0 Å². The molecule has 10 atom stereocenters. The molecule has 2 aliphatic rings. The van der Waals surface area contributed by atoms with Crippen molar-refractivity contribution in [3.63, 3.8) is 0 Å². The summed E-state index contributed by atoms with van der Waals surface area (Å²) in [6.07, 6.45) is -12.3. The zero-order valence-corrected chi connectivity index (χ0v) is 32.7. The molecule has 0 aromatic carbocycles. The van der Waals surface area contributed by atoms with Crippen molar-refractivity contribution < 1.29 is 85.7 Å². The van der Waals surface area contributed by atoms with Gasteiger partial charge in [0.2, 0.25) is 0 Å². The smallest absolute Gasteiger partial charge is 0.303 e. The number of carbonyl (C=O) groups excluding carboxylic acids is 7. The van der Waals surface area contributed by atoms with Crippen LogP contribution in [0.5, 0.6) is 0 Å². The van der Waals surface area contributed by atoms with E-state index < -0.39 is 116 Å². The van der Waals surface area contributed by atoms with Crippen LogP contribution in [-0.4, -0.2) is 146 Å². The minimum Gasteiger partial charge on any atom is -0.463 e. The van der Waals surface area contributed by atoms with Crippen LogP contribution in [-0.2, 0) is 85.7 Å². The van der Waals surface area contributed by atoms with Crippen molar-refractivity contribution in [3.8, 4) is 0 Å². The van der Waals surface area contributed by atoms with Gasteiger partial charge in [-0.15, -0.1) is 11.8 Å². The van der Waals surface area contributed by atoms with E-state index >= 15 is 0 Å². The van der Waals surface area contributed by atoms with Crippen molar-refractivity contribution >= 4 is 70.9 Å². The van der Waals surface area contributed by atoms with Crippen molar-refractivity contribution in [2.75, 3.05) is 38.7 Å². The third-order valence-electron chi connectivity index (χ3n) is 7.22. The number of hydrogen-bond donors (Lipinski definition) is 0. The zero-order valence-electron chi connectivity index (χ0n) is 31.0. The predicted molar refractivity (Wildman–Crippen MR) is 186 cm³/mol. The number of nitrogens with zero attached hydrogens (tertiary/aromatic N) is 1. The van der Waals surface area contributed by atoms with Crippen LogP contribution < -0.4 is 0 Å². The molecule has 0 saturated carbocycles. The molecule has 304 valence electrons. The van der Waals surface area contributed by atoms with E-state index in [9.17, 15) is 33.6 Å². The second-order valence-electron chi connectivity index (χ2n) is 11.8. The first-order chi connectivity index (χ1) is 25.5. The molecule has 21 heteroatoms. The van der Waals surface area contributed by atoms with Crippen LogP contribution in [0.4, 0.5) is 0 Å². The molecule has 0 unspecified atom stereocenters. The van der Waals surface area contributed by atoms with Gasteiger partial charge < -0.3 is 52.1 Å². The highest BCUT2D eigenvalue weighted by atomic mass is 32.2. The van der Waals surface area contributed by atoms with Gasteiger partial charge in [-0.1, -0.05) is 0 Å². The van der Waals surface area contributed by atoms with Crippen LogP contribution in [0.15, 0.2) is 4.99 Å². The third-order valence-corrected chi connectivity index (χ3v) is 8.59. The quantitative estimate of drug-likeness (QED) is 0.0553. The lowest BCUT2D eigenvalue weighted by atomic mass is 9.96. The number of isothiocyanates is 1. The van der Waals surface area contributed by atoms with Gasteiger partial charge in [0, 0.05) is 61.7 Å². The van der Waals surface area contributed by atoms with E-state index in [0.717, 1.165) is 48.5 Å². The van der Waals surface area contributed by atoms with Gasteiger partial charge in [0.15, 0.2) is 36.8 Å². The lowest BCUT2D eigenvalue weighted by Gasteiger charge is -2.48. The summed E-state index contributed by atoms with van der Waals surface area (Å²) in [5.74, 6) is -5.24. The molecular formula is C33H47NO18S2. The van der Waals surface area contributed by atoms with Gasteiger partial charge in [-0.2, -0.15) is 0 Å². The maximum absolute atomic E-state index is 12.6. The van der Waals surface area contributed by atoms with E-state index in [1.807, 2.05) is 0 Å². The molecule has 2 saturated heterocycles. The van der Waals surface area contributed by atoms with Crippen LogP contribution in [0.1, 0.15) is 61.3 Å². The molecule has 54 heavy (non-hydrogen) atoms. The first-order valence-corrected chi connectivity index (χ1v) is 18.3. The van der Waals surface area contributed by atoms with E-state index in [-0.39, 0.29) is 0 Å². The van der Waals surface area contributed by atoms with Gasteiger partial charge in [-0.05, 0) is 30.8 Å². The minimum atomic E-state index is -1.76. The van der Waals surface area contributed by atoms with Crippen molar-refractivity contribution in [2.24, 2.45) is 4.99 Å². The lowest BCUT2D eigenvalue weighted by molar-refractivity contribution is -0.341. The van der Waals surface area contributed by atoms with Crippen LogP contribution in [0, 0.1) is 0 Å². The number of aliphatic imine (C=N–C) groups is 1. The second kappa shape index (κ2) is 23.9. The molecule has 2 aliphatic heterocycles. The zero-order chi connectivity index (χ0) is 40.4. The first-order valence-electron chi connectivity index (χ1n) is 16.9. The summed E-state index contributed by atoms with van der Waals surface area (Å²) < 4.78 is 62.5. The Morgan fingerprint density at radius 1 is 0.593 bits per heavy atom. The SMILES string of the molecule is CC(=O)OC[C@H]1O[C@@H](O[C@H]2[C@H](OC(C)=O)[C@@H](OC(C)=O)[C@H](SCCCOCCCN=C=S)O[C@@H]2COC(C)=O)[C@@H](OC(C)=O)[C@@H](OC(C)=O)[C@@H]1OC(C)=O. The fourth-order valence-electron chi connectivity index (χ4n) is 5.36. The molecule has 0 amide bonds. The summed E-state index contributed by atoms with van der Waals surface area (Å²) in [5, 5.41) is 2.28. The van der Waals surface area contributed by atoms with Gasteiger partial charge in [0.05, 0.1) is 11.7 Å². The van der Waals surface area contributed by atoms with Crippen LogP contribution >= 0.6 is 24.0 Å². The maximum atomic E-state index is 12.6. The van der Waals surface area contributed by atoms with E-state index in [2.05, 4.69) is 22.4 Å². The van der Waals surface area contributed by atoms with E-state index in [4.69, 9.17) is 52.1 Å². The number of carbonyl (C=O) groups is 7. The second-order valence-corrected chi connectivity index (χ2v) is 13.2. The summed E-state index contributed by atoms with van der Waals surface area (Å²) in [7, 11) is 0. The summed E-state index contributed by atoms with van der Waals surface area (Å²) in [4.78, 5) is 89.5. The average molecular weight is 810 g/mol. The highest BCUT2D eigenvalue weighted by Crippen LogP contribution is 2.38. The molecule has 0 bridgehead atoms. The standard InChI is InChI=1S/C33H47NO18S2/c1-17(35)43-14-24-26(45-19(3)37)28(46-20(4)38)30(48-22(6)40)32(50-24)52-27-25(15-44-18(2)36)51-33(31(49-23(7)41)29(27)47-21(5)39)54-13-9-12-42-11-8-10-34-16-53/h24-33H,8-15H2,1-7H3/t24-,25-,26-,27-,28+,29+,30+,31-,32+,33+/m1/s1. The summed E-state index contributed by atoms with van der Waals surface area (Å²) >= 11 is 5.75. The number of thioether (sulfide) groups is 1. The molecule has 0 aromatic rings. The number of ether oxygens (including phenoxy) is 11. The van der Waals surface area contributed by atoms with E-state index in [1.165, 1.54) is 11.8 Å². The highest BCUT2D eigenvalue weighted by Gasteiger charge is 2.57. The van der Waals surface area contributed by atoms with Gasteiger partial charge in [-0.3, -0.25) is 33.6 Å². The van der Waals surface area contributed by atoms with Gasteiger partial charge in [-0.25, -0.2) is 4.99 Å². The van der Waals surface area contributed by atoms with Crippen LogP contribution in [0.3, 0.4) is 0 Å². The van der Waals surface area contributed by atoms with E-state index in [0.29, 0.717) is 38.4 Å². The van der Waals surface area contributed by atoms with Gasteiger partial charge in [0.1, 0.15) is 37.0 Å². The molecule has 0 spiro atoms. The predicted octanol–water partition coefficient (Wildman–Crippen LogP) is 1.24. The Kier molecular flexibility index (Phi) is 20.6. The largest absolute Gasteiger partial charge is 0.463 e. The lowest BCUT2D eigenvalue weighted by Crippen LogP contribution is -2.66. The number of esters is 7. The minimum absolute atomic E-state index is 0.373. The Morgan fingerprint density at radius 3 is 1.57 bits per heavy atom. The molecule has 0 radical (unpaired) electrons. The Labute approximate surface area is 321 Å². The molecule has 19 nitrogen and oxygen atoms in total. The third kappa shape index (κ3) is 16.3. The fourth-order valence-corrected chi connectivity index (χ4v) is 6.59. The highest BCUT2D eigenvalue weighted by molar-refractivity contribution is 7.99.